The van der Waals surface area contributed by atoms with Crippen molar-refractivity contribution in [1.29, 1.82) is 0 Å². The fourth-order valence-corrected chi connectivity index (χ4v) is 4.51. The predicted octanol–water partition coefficient (Wildman–Crippen LogP) is 2.80. The van der Waals surface area contributed by atoms with Crippen LogP contribution in [0.15, 0.2) is 29.1 Å². The van der Waals surface area contributed by atoms with Crippen molar-refractivity contribution in [3.8, 4) is 5.75 Å². The molecule has 6 heteroatoms. The molecule has 2 aromatic rings. The van der Waals surface area contributed by atoms with Crippen LogP contribution < -0.4 is 10.3 Å². The highest BCUT2D eigenvalue weighted by molar-refractivity contribution is 5.95. The van der Waals surface area contributed by atoms with Gasteiger partial charge >= 0.3 is 0 Å². The van der Waals surface area contributed by atoms with E-state index in [9.17, 15) is 9.59 Å². The molecule has 0 aliphatic carbocycles. The van der Waals surface area contributed by atoms with Crippen molar-refractivity contribution in [2.75, 3.05) is 26.7 Å². The first-order valence-electron chi connectivity index (χ1n) is 10.2. The first kappa shape index (κ1) is 19.7. The van der Waals surface area contributed by atoms with Gasteiger partial charge in [-0.25, -0.2) is 0 Å². The number of hydrogen-bond acceptors (Lipinski definition) is 4. The molecular weight excluding hydrogens is 366 g/mol. The molecule has 0 saturated carbocycles. The number of carbonyl (C=O) groups excluding carboxylic acids is 1. The van der Waals surface area contributed by atoms with Crippen LogP contribution in [0.1, 0.15) is 45.6 Å². The van der Waals surface area contributed by atoms with E-state index in [2.05, 4.69) is 23.0 Å². The summed E-state index contributed by atoms with van der Waals surface area (Å²) >= 11 is 0. The number of piperidine rings is 1. The zero-order chi connectivity index (χ0) is 20.8. The summed E-state index contributed by atoms with van der Waals surface area (Å²) in [5.74, 6) is 0.630. The van der Waals surface area contributed by atoms with Crippen molar-refractivity contribution in [3.63, 3.8) is 0 Å². The maximum Gasteiger partial charge on any atom is 0.261 e. The second-order valence-corrected chi connectivity index (χ2v) is 8.70. The van der Waals surface area contributed by atoms with Crippen molar-refractivity contribution in [1.82, 2.24) is 14.8 Å². The summed E-state index contributed by atoms with van der Waals surface area (Å²) in [7, 11) is 2.11. The number of rotatable bonds is 1. The molecule has 2 aliphatic rings. The van der Waals surface area contributed by atoms with Crippen molar-refractivity contribution in [2.24, 2.45) is 0 Å². The second kappa shape index (κ2) is 7.34. The average molecular weight is 396 g/mol. The molecule has 2 aliphatic heterocycles. The monoisotopic (exact) mass is 395 g/mol. The van der Waals surface area contributed by atoms with Gasteiger partial charge in [0.05, 0.1) is 6.54 Å². The highest BCUT2D eigenvalue weighted by atomic mass is 16.5. The predicted molar refractivity (Wildman–Crippen MR) is 113 cm³/mol. The molecule has 1 spiro atoms. The number of nitrogens with one attached hydrogen (secondary N) is 1. The van der Waals surface area contributed by atoms with E-state index in [1.54, 1.807) is 0 Å². The number of amides is 1. The standard InChI is InChI=1S/C23H29N3O3/c1-15-5-6-19-18(11-15)13-26(14-23(29-19)7-9-25(4)10-8-23)22(28)20-16(2)12-17(3)24-21(20)27/h5-6,11-12H,7-10,13-14H2,1-4H3,(H,24,27). The zero-order valence-electron chi connectivity index (χ0n) is 17.7. The SMILES string of the molecule is Cc1ccc2c(c1)CN(C(=O)c1c(C)cc(C)[nH]c1=O)CC1(CCN(C)CC1)O2. The van der Waals surface area contributed by atoms with Crippen LogP contribution in [0.3, 0.4) is 0 Å². The van der Waals surface area contributed by atoms with Crippen LogP contribution in [0.4, 0.5) is 0 Å². The normalized spacial score (nSPS) is 18.8. The fraction of sp³-hybridized carbons (Fsp3) is 0.478. The summed E-state index contributed by atoms with van der Waals surface area (Å²) in [6.07, 6.45) is 1.70. The van der Waals surface area contributed by atoms with E-state index in [0.717, 1.165) is 48.5 Å². The molecule has 0 bridgehead atoms. The smallest absolute Gasteiger partial charge is 0.261 e. The van der Waals surface area contributed by atoms with E-state index in [1.807, 2.05) is 43.9 Å². The molecule has 154 valence electrons. The molecule has 1 amide bonds. The topological polar surface area (TPSA) is 65.6 Å². The number of carbonyl (C=O) groups is 1. The molecule has 0 radical (unpaired) electrons. The van der Waals surface area contributed by atoms with Crippen LogP contribution in [0.5, 0.6) is 5.75 Å². The molecule has 6 nitrogen and oxygen atoms in total. The molecule has 4 rings (SSSR count). The third-order valence-electron chi connectivity index (χ3n) is 6.15. The van der Waals surface area contributed by atoms with Crippen LogP contribution in [0, 0.1) is 20.8 Å². The van der Waals surface area contributed by atoms with Gasteiger partial charge in [0.15, 0.2) is 0 Å². The summed E-state index contributed by atoms with van der Waals surface area (Å²) in [6, 6.07) is 8.00. The van der Waals surface area contributed by atoms with Crippen LogP contribution in [0.2, 0.25) is 0 Å². The van der Waals surface area contributed by atoms with Crippen LogP contribution >= 0.6 is 0 Å². The van der Waals surface area contributed by atoms with Crippen LogP contribution in [-0.2, 0) is 6.54 Å². The van der Waals surface area contributed by atoms with Gasteiger partial charge in [-0.15, -0.1) is 0 Å². The molecular formula is C23H29N3O3. The van der Waals surface area contributed by atoms with Gasteiger partial charge in [-0.1, -0.05) is 17.7 Å². The first-order chi connectivity index (χ1) is 13.8. The second-order valence-electron chi connectivity index (χ2n) is 8.70. The van der Waals surface area contributed by atoms with E-state index >= 15 is 0 Å². The van der Waals surface area contributed by atoms with Gasteiger partial charge in [-0.2, -0.15) is 0 Å². The number of pyridine rings is 1. The van der Waals surface area contributed by atoms with Gasteiger partial charge in [0.2, 0.25) is 0 Å². The maximum atomic E-state index is 13.5. The number of benzene rings is 1. The number of ether oxygens (including phenoxy) is 1. The van der Waals surface area contributed by atoms with Crippen molar-refractivity contribution in [2.45, 2.75) is 45.8 Å². The number of aryl methyl sites for hydroxylation is 3. The Kier molecular flexibility index (Phi) is 4.99. The van der Waals surface area contributed by atoms with Crippen LogP contribution in [0.25, 0.3) is 0 Å². The molecule has 1 saturated heterocycles. The molecule has 1 aromatic carbocycles. The Balaban J connectivity index is 1.76. The Morgan fingerprint density at radius 2 is 1.86 bits per heavy atom. The number of likely N-dealkylation sites (tertiary alicyclic amines) is 1. The molecule has 3 heterocycles. The van der Waals surface area contributed by atoms with E-state index in [4.69, 9.17) is 4.74 Å². The Morgan fingerprint density at radius 3 is 2.55 bits per heavy atom. The minimum absolute atomic E-state index is 0.222. The number of fused-ring (bicyclic) bond motifs is 1. The molecule has 1 fully saturated rings. The van der Waals surface area contributed by atoms with Gasteiger partial charge in [0.25, 0.3) is 11.5 Å². The molecule has 1 N–H and O–H groups in total. The number of aromatic amines is 1. The molecule has 29 heavy (non-hydrogen) atoms. The highest BCUT2D eigenvalue weighted by Gasteiger charge is 2.42. The van der Waals surface area contributed by atoms with Crippen LogP contribution in [-0.4, -0.2) is 53.0 Å². The van der Waals surface area contributed by atoms with Gasteiger partial charge in [0, 0.05) is 43.7 Å². The van der Waals surface area contributed by atoms with Gasteiger partial charge in [0.1, 0.15) is 16.9 Å². The quantitative estimate of drug-likeness (QED) is 0.806. The Morgan fingerprint density at radius 1 is 1.14 bits per heavy atom. The summed E-state index contributed by atoms with van der Waals surface area (Å²) in [5.41, 5.74) is 3.08. The summed E-state index contributed by atoms with van der Waals surface area (Å²) < 4.78 is 6.58. The molecule has 0 atom stereocenters. The average Bonchev–Trinajstić information content (AvgIpc) is 2.80. The third kappa shape index (κ3) is 3.81. The lowest BCUT2D eigenvalue weighted by Gasteiger charge is -2.41. The van der Waals surface area contributed by atoms with Gasteiger partial charge < -0.3 is 19.5 Å². The molecule has 0 unspecified atom stereocenters. The Labute approximate surface area is 171 Å². The third-order valence-corrected chi connectivity index (χ3v) is 6.15. The minimum atomic E-state index is -0.423. The van der Waals surface area contributed by atoms with Gasteiger partial charge in [-0.05, 0) is 45.5 Å². The maximum absolute atomic E-state index is 13.5. The Bertz CT molecular complexity index is 1000. The van der Waals surface area contributed by atoms with Gasteiger partial charge in [-0.3, -0.25) is 9.59 Å². The lowest BCUT2D eigenvalue weighted by Crippen LogP contribution is -2.54. The first-order valence-corrected chi connectivity index (χ1v) is 10.2. The van der Waals surface area contributed by atoms with E-state index in [1.165, 1.54) is 0 Å². The largest absolute Gasteiger partial charge is 0.485 e. The lowest BCUT2D eigenvalue weighted by atomic mass is 9.90. The zero-order valence-corrected chi connectivity index (χ0v) is 17.7. The van der Waals surface area contributed by atoms with E-state index in [0.29, 0.717) is 18.7 Å². The van der Waals surface area contributed by atoms with Crippen molar-refractivity contribution in [3.05, 3.63) is 62.6 Å². The molecule has 1 aromatic heterocycles. The van der Waals surface area contributed by atoms with E-state index < -0.39 is 5.60 Å². The summed E-state index contributed by atoms with van der Waals surface area (Å²) in [5, 5.41) is 0. The number of hydrogen-bond donors (Lipinski definition) is 1. The summed E-state index contributed by atoms with van der Waals surface area (Å²) in [4.78, 5) is 33.0. The summed E-state index contributed by atoms with van der Waals surface area (Å²) in [6.45, 7) is 8.47. The highest BCUT2D eigenvalue weighted by Crippen LogP contribution is 2.36. The lowest BCUT2D eigenvalue weighted by molar-refractivity contribution is -0.0103. The minimum Gasteiger partial charge on any atom is -0.485 e. The Hall–Kier alpha value is -2.60. The number of H-pyrrole nitrogens is 1. The number of nitrogens with zero attached hydrogens (tertiary/aromatic N) is 2. The van der Waals surface area contributed by atoms with E-state index in [-0.39, 0.29) is 17.0 Å². The van der Waals surface area contributed by atoms with Crippen molar-refractivity contribution < 1.29 is 9.53 Å². The fourth-order valence-electron chi connectivity index (χ4n) is 4.51. The number of aromatic nitrogens is 1. The van der Waals surface area contributed by atoms with Crippen molar-refractivity contribution >= 4 is 5.91 Å².